The number of rotatable bonds is 3. The van der Waals surface area contributed by atoms with Gasteiger partial charge >= 0.3 is 5.97 Å². The highest BCUT2D eigenvalue weighted by atomic mass is 19.1. The fraction of sp³-hybridized carbons (Fsp3) is 0.0667. The lowest BCUT2D eigenvalue weighted by Crippen LogP contribution is -2.17. The first kappa shape index (κ1) is 14.6. The number of aromatic carboxylic acids is 1. The van der Waals surface area contributed by atoms with Gasteiger partial charge in [0.15, 0.2) is 0 Å². The summed E-state index contributed by atoms with van der Waals surface area (Å²) in [5.41, 5.74) is -0.256. The Morgan fingerprint density at radius 3 is 2.52 bits per heavy atom. The van der Waals surface area contributed by atoms with E-state index in [0.29, 0.717) is 5.56 Å². The van der Waals surface area contributed by atoms with Crippen LogP contribution in [0.15, 0.2) is 36.4 Å². The van der Waals surface area contributed by atoms with Crippen molar-refractivity contribution in [2.45, 2.75) is 6.92 Å². The predicted molar refractivity (Wildman–Crippen MR) is 72.4 cm³/mol. The molecule has 0 heterocycles. The van der Waals surface area contributed by atoms with Gasteiger partial charge in [0, 0.05) is 5.56 Å². The minimum atomic E-state index is -1.50. The highest BCUT2D eigenvalue weighted by molar-refractivity contribution is 6.08. The number of hydrogen-bond donors (Lipinski definition) is 2. The zero-order valence-corrected chi connectivity index (χ0v) is 11.0. The summed E-state index contributed by atoms with van der Waals surface area (Å²) in [6, 6.07) is 7.18. The number of hydrogen-bond acceptors (Lipinski definition) is 2. The number of carboxylic acids is 1. The van der Waals surface area contributed by atoms with Gasteiger partial charge in [-0.25, -0.2) is 13.6 Å². The summed E-state index contributed by atoms with van der Waals surface area (Å²) in [4.78, 5) is 23.1. The van der Waals surface area contributed by atoms with Gasteiger partial charge < -0.3 is 10.4 Å². The van der Waals surface area contributed by atoms with Gasteiger partial charge in [-0.2, -0.15) is 0 Å². The smallest absolute Gasteiger partial charge is 0.340 e. The number of halogens is 2. The van der Waals surface area contributed by atoms with E-state index >= 15 is 0 Å². The Labute approximate surface area is 119 Å². The number of nitrogens with one attached hydrogen (secondary N) is 1. The van der Waals surface area contributed by atoms with Gasteiger partial charge in [0.05, 0.1) is 5.69 Å². The predicted octanol–water partition coefficient (Wildman–Crippen LogP) is 3.22. The molecule has 2 N–H and O–H groups in total. The molecule has 0 saturated carbocycles. The summed E-state index contributed by atoms with van der Waals surface area (Å²) in [6.07, 6.45) is 0. The molecule has 0 radical (unpaired) electrons. The quantitative estimate of drug-likeness (QED) is 0.912. The minimum absolute atomic E-state index is 0.0515. The molecule has 4 nitrogen and oxygen atoms in total. The summed E-state index contributed by atoms with van der Waals surface area (Å²) in [6.45, 7) is 1.61. The van der Waals surface area contributed by atoms with Crippen molar-refractivity contribution in [2.75, 3.05) is 5.32 Å². The van der Waals surface area contributed by atoms with Crippen molar-refractivity contribution in [1.82, 2.24) is 0 Å². The normalized spacial score (nSPS) is 10.2. The molecule has 0 unspecified atom stereocenters. The van der Waals surface area contributed by atoms with Crippen LogP contribution in [0.4, 0.5) is 14.5 Å². The maximum absolute atomic E-state index is 13.5. The Bertz CT molecular complexity index is 729. The summed E-state index contributed by atoms with van der Waals surface area (Å²) >= 11 is 0. The van der Waals surface area contributed by atoms with Gasteiger partial charge in [0.25, 0.3) is 5.91 Å². The zero-order valence-electron chi connectivity index (χ0n) is 11.0. The van der Waals surface area contributed by atoms with Crippen LogP contribution >= 0.6 is 0 Å². The van der Waals surface area contributed by atoms with Gasteiger partial charge in [-0.15, -0.1) is 0 Å². The summed E-state index contributed by atoms with van der Waals surface area (Å²) in [5.74, 6) is -3.76. The average Bonchev–Trinajstić information content (AvgIpc) is 2.41. The first-order valence-electron chi connectivity index (χ1n) is 5.99. The monoisotopic (exact) mass is 291 g/mol. The number of carbonyl (C=O) groups excluding carboxylic acids is 1. The van der Waals surface area contributed by atoms with Crippen molar-refractivity contribution < 1.29 is 23.5 Å². The SMILES string of the molecule is Cc1ccc(F)cc1C(=O)Nc1cccc(F)c1C(=O)O. The molecule has 1 amide bonds. The van der Waals surface area contributed by atoms with E-state index in [1.807, 2.05) is 0 Å². The maximum Gasteiger partial charge on any atom is 0.340 e. The lowest BCUT2D eigenvalue weighted by Gasteiger charge is -2.10. The lowest BCUT2D eigenvalue weighted by atomic mass is 10.1. The Balaban J connectivity index is 2.39. The number of aryl methyl sites for hydroxylation is 1. The largest absolute Gasteiger partial charge is 0.478 e. The molecule has 2 rings (SSSR count). The average molecular weight is 291 g/mol. The second-order valence-corrected chi connectivity index (χ2v) is 4.38. The van der Waals surface area contributed by atoms with Crippen molar-refractivity contribution in [3.63, 3.8) is 0 Å². The van der Waals surface area contributed by atoms with Crippen LogP contribution < -0.4 is 5.32 Å². The maximum atomic E-state index is 13.5. The van der Waals surface area contributed by atoms with Crippen LogP contribution in [0.2, 0.25) is 0 Å². The van der Waals surface area contributed by atoms with Crippen LogP contribution in [-0.4, -0.2) is 17.0 Å². The molecule has 0 aliphatic carbocycles. The van der Waals surface area contributed by atoms with Crippen molar-refractivity contribution in [3.05, 3.63) is 64.7 Å². The lowest BCUT2D eigenvalue weighted by molar-refractivity contribution is 0.0693. The van der Waals surface area contributed by atoms with Gasteiger partial charge in [0.2, 0.25) is 0 Å². The topological polar surface area (TPSA) is 66.4 Å². The minimum Gasteiger partial charge on any atom is -0.478 e. The first-order chi connectivity index (χ1) is 9.90. The Hall–Kier alpha value is -2.76. The third-order valence-electron chi connectivity index (χ3n) is 2.92. The molecular weight excluding hydrogens is 280 g/mol. The molecule has 0 spiro atoms. The van der Waals surface area contributed by atoms with Crippen LogP contribution in [-0.2, 0) is 0 Å². The van der Waals surface area contributed by atoms with E-state index in [4.69, 9.17) is 5.11 Å². The molecule has 0 saturated heterocycles. The molecule has 6 heteroatoms. The number of anilines is 1. The molecule has 0 atom stereocenters. The number of amides is 1. The Kier molecular flexibility index (Phi) is 3.98. The van der Waals surface area contributed by atoms with Crippen LogP contribution in [0.1, 0.15) is 26.3 Å². The first-order valence-corrected chi connectivity index (χ1v) is 5.99. The third kappa shape index (κ3) is 3.05. The fourth-order valence-electron chi connectivity index (χ4n) is 1.87. The van der Waals surface area contributed by atoms with Crippen LogP contribution in [0.5, 0.6) is 0 Å². The van der Waals surface area contributed by atoms with Gasteiger partial charge in [-0.1, -0.05) is 12.1 Å². The summed E-state index contributed by atoms with van der Waals surface area (Å²) < 4.78 is 26.7. The van der Waals surface area contributed by atoms with E-state index in [1.54, 1.807) is 6.92 Å². The van der Waals surface area contributed by atoms with Gasteiger partial charge in [0.1, 0.15) is 17.2 Å². The number of carbonyl (C=O) groups is 2. The molecule has 0 bridgehead atoms. The fourth-order valence-corrected chi connectivity index (χ4v) is 1.87. The number of benzene rings is 2. The van der Waals surface area contributed by atoms with E-state index in [0.717, 1.165) is 12.1 Å². The summed E-state index contributed by atoms with van der Waals surface area (Å²) in [7, 11) is 0. The molecule has 0 fully saturated rings. The number of carboxylic acid groups (broad SMARTS) is 1. The molecule has 2 aromatic rings. The van der Waals surface area contributed by atoms with E-state index in [9.17, 15) is 18.4 Å². The highest BCUT2D eigenvalue weighted by Gasteiger charge is 2.18. The van der Waals surface area contributed by atoms with Crippen molar-refractivity contribution in [3.8, 4) is 0 Å². The summed E-state index contributed by atoms with van der Waals surface area (Å²) in [5, 5.41) is 11.3. The van der Waals surface area contributed by atoms with E-state index in [-0.39, 0.29) is 11.3 Å². The van der Waals surface area contributed by atoms with Crippen LogP contribution in [0, 0.1) is 18.6 Å². The standard InChI is InChI=1S/C15H11F2NO3/c1-8-5-6-9(16)7-10(8)14(19)18-12-4-2-3-11(17)13(12)15(20)21/h2-7H,1H3,(H,18,19)(H,20,21). The van der Waals surface area contributed by atoms with E-state index < -0.39 is 29.1 Å². The van der Waals surface area contributed by atoms with Crippen molar-refractivity contribution in [1.29, 1.82) is 0 Å². The van der Waals surface area contributed by atoms with E-state index in [2.05, 4.69) is 5.32 Å². The molecule has 0 aliphatic rings. The molecule has 2 aromatic carbocycles. The second kappa shape index (κ2) is 5.70. The Morgan fingerprint density at radius 2 is 1.86 bits per heavy atom. The Morgan fingerprint density at radius 1 is 1.14 bits per heavy atom. The van der Waals surface area contributed by atoms with Gasteiger partial charge in [-0.05, 0) is 36.8 Å². The second-order valence-electron chi connectivity index (χ2n) is 4.38. The van der Waals surface area contributed by atoms with Crippen molar-refractivity contribution in [2.24, 2.45) is 0 Å². The van der Waals surface area contributed by atoms with Crippen LogP contribution in [0.25, 0.3) is 0 Å². The molecule has 108 valence electrons. The zero-order chi connectivity index (χ0) is 15.6. The van der Waals surface area contributed by atoms with E-state index in [1.165, 1.54) is 24.3 Å². The van der Waals surface area contributed by atoms with Gasteiger partial charge in [-0.3, -0.25) is 4.79 Å². The molecular formula is C15H11F2NO3. The van der Waals surface area contributed by atoms with Crippen LogP contribution in [0.3, 0.4) is 0 Å². The molecule has 0 aromatic heterocycles. The molecule has 0 aliphatic heterocycles. The molecule has 21 heavy (non-hydrogen) atoms. The van der Waals surface area contributed by atoms with Crippen molar-refractivity contribution >= 4 is 17.6 Å². The highest BCUT2D eigenvalue weighted by Crippen LogP contribution is 2.20. The third-order valence-corrected chi connectivity index (χ3v) is 2.92.